The van der Waals surface area contributed by atoms with E-state index in [9.17, 15) is 4.79 Å². The number of hydrogen-bond donors (Lipinski definition) is 1. The van der Waals surface area contributed by atoms with Crippen molar-refractivity contribution < 1.29 is 30.0 Å². The molecule has 2 aromatic heterocycles. The van der Waals surface area contributed by atoms with Crippen molar-refractivity contribution in [2.75, 3.05) is 0 Å². The summed E-state index contributed by atoms with van der Waals surface area (Å²) in [5, 5.41) is 16.1. The zero-order chi connectivity index (χ0) is 14.9. The summed E-state index contributed by atoms with van der Waals surface area (Å²) in [7, 11) is 0. The normalized spacial score (nSPS) is 8.91. The van der Waals surface area contributed by atoms with Gasteiger partial charge >= 0.3 is 5.97 Å². The van der Waals surface area contributed by atoms with E-state index >= 15 is 0 Å². The Kier molecular flexibility index (Phi) is 7.61. The molecule has 5 nitrogen and oxygen atoms in total. The average Bonchev–Trinajstić information content (AvgIpc) is 2.58. The van der Waals surface area contributed by atoms with Crippen LogP contribution in [0.1, 0.15) is 10.5 Å². The molecule has 3 aromatic rings. The Morgan fingerprint density at radius 1 is 1.00 bits per heavy atom. The molecule has 113 valence electrons. The summed E-state index contributed by atoms with van der Waals surface area (Å²) < 4.78 is 0. The van der Waals surface area contributed by atoms with Crippen LogP contribution >= 0.6 is 0 Å². The predicted octanol–water partition coefficient (Wildman–Crippen LogP) is 2.72. The maximum atomic E-state index is 10.1. The first-order valence-electron chi connectivity index (χ1n) is 6.16. The molecule has 2 heterocycles. The SMILES string of the molecule is O=C(O)c1ccccn1.[Ir].[c-]1ccccc1-c1cccnn1. The Bertz CT molecular complexity index is 642. The number of aromatic carboxylic acids is 1. The molecule has 0 unspecified atom stereocenters. The van der Waals surface area contributed by atoms with Crippen LogP contribution in [0.15, 0.2) is 67.0 Å². The number of aromatic nitrogens is 3. The van der Waals surface area contributed by atoms with Gasteiger partial charge in [-0.3, -0.25) is 0 Å². The molecular formula is C16H12IrN3O2-. The quantitative estimate of drug-likeness (QED) is 0.583. The molecule has 0 amide bonds. The molecule has 1 radical (unpaired) electrons. The van der Waals surface area contributed by atoms with Crippen LogP contribution in [0, 0.1) is 6.07 Å². The topological polar surface area (TPSA) is 76.0 Å². The van der Waals surface area contributed by atoms with Crippen molar-refractivity contribution in [3.63, 3.8) is 0 Å². The van der Waals surface area contributed by atoms with Gasteiger partial charge in [0.05, 0.1) is 0 Å². The summed E-state index contributed by atoms with van der Waals surface area (Å²) in [4.78, 5) is 13.7. The van der Waals surface area contributed by atoms with Crippen molar-refractivity contribution >= 4 is 5.97 Å². The van der Waals surface area contributed by atoms with Gasteiger partial charge in [0.15, 0.2) is 0 Å². The minimum Gasteiger partial charge on any atom is -0.477 e. The first-order chi connectivity index (χ1) is 10.3. The van der Waals surface area contributed by atoms with Crippen LogP contribution in [0.25, 0.3) is 11.3 Å². The molecular weight excluding hydrogens is 458 g/mol. The van der Waals surface area contributed by atoms with Gasteiger partial charge in [-0.15, -0.1) is 35.9 Å². The summed E-state index contributed by atoms with van der Waals surface area (Å²) in [6, 6.07) is 19.3. The molecule has 1 N–H and O–H groups in total. The molecule has 0 fully saturated rings. The van der Waals surface area contributed by atoms with Gasteiger partial charge in [0.2, 0.25) is 0 Å². The minimum absolute atomic E-state index is 0. The maximum absolute atomic E-state index is 10.1. The van der Waals surface area contributed by atoms with Crippen molar-refractivity contribution in [1.29, 1.82) is 0 Å². The molecule has 3 rings (SSSR count). The number of hydrogen-bond acceptors (Lipinski definition) is 4. The van der Waals surface area contributed by atoms with Crippen LogP contribution < -0.4 is 0 Å². The van der Waals surface area contributed by atoms with Gasteiger partial charge in [0.25, 0.3) is 0 Å². The van der Waals surface area contributed by atoms with E-state index in [2.05, 4.69) is 21.2 Å². The van der Waals surface area contributed by atoms with Crippen LogP contribution in [0.5, 0.6) is 0 Å². The number of carboxylic acid groups (broad SMARTS) is 1. The zero-order valence-electron chi connectivity index (χ0n) is 11.4. The fourth-order valence-corrected chi connectivity index (χ4v) is 1.49. The molecule has 6 heteroatoms. The Morgan fingerprint density at radius 3 is 2.32 bits per heavy atom. The fourth-order valence-electron chi connectivity index (χ4n) is 1.49. The number of rotatable bonds is 2. The van der Waals surface area contributed by atoms with Gasteiger partial charge in [-0.2, -0.15) is 5.10 Å². The Labute approximate surface area is 141 Å². The molecule has 0 saturated heterocycles. The van der Waals surface area contributed by atoms with Crippen LogP contribution in [0.4, 0.5) is 0 Å². The standard InChI is InChI=1S/C10H7N2.C6H5NO2.Ir/c1-2-5-9(6-3-1)10-7-4-8-11-12-10;8-6(9)5-3-1-2-4-7-5;/h1-5,7-8H;1-4H,(H,8,9);/q-1;;. The van der Waals surface area contributed by atoms with Gasteiger partial charge in [-0.25, -0.2) is 14.9 Å². The largest absolute Gasteiger partial charge is 0.477 e. The molecule has 0 bridgehead atoms. The second-order valence-corrected chi connectivity index (χ2v) is 3.91. The van der Waals surface area contributed by atoms with E-state index in [0.29, 0.717) is 0 Å². The third-order valence-electron chi connectivity index (χ3n) is 2.44. The van der Waals surface area contributed by atoms with E-state index < -0.39 is 5.97 Å². The van der Waals surface area contributed by atoms with E-state index in [1.165, 1.54) is 12.3 Å². The van der Waals surface area contributed by atoms with Crippen LogP contribution in [-0.4, -0.2) is 26.3 Å². The van der Waals surface area contributed by atoms with Crippen LogP contribution in [0.3, 0.4) is 0 Å². The third kappa shape index (κ3) is 5.52. The summed E-state index contributed by atoms with van der Waals surface area (Å²) in [6.45, 7) is 0. The van der Waals surface area contributed by atoms with Crippen molar-refractivity contribution in [1.82, 2.24) is 15.2 Å². The molecule has 1 aromatic carbocycles. The van der Waals surface area contributed by atoms with E-state index in [-0.39, 0.29) is 25.8 Å². The van der Waals surface area contributed by atoms with Gasteiger partial charge in [-0.1, -0.05) is 12.1 Å². The number of carbonyl (C=O) groups is 1. The summed E-state index contributed by atoms with van der Waals surface area (Å²) in [6.07, 6.45) is 3.11. The van der Waals surface area contributed by atoms with Crippen LogP contribution in [-0.2, 0) is 20.1 Å². The van der Waals surface area contributed by atoms with Crippen molar-refractivity contribution in [2.45, 2.75) is 0 Å². The number of carboxylic acids is 1. The van der Waals surface area contributed by atoms with E-state index in [4.69, 9.17) is 5.11 Å². The average molecular weight is 471 g/mol. The number of pyridine rings is 1. The zero-order valence-corrected chi connectivity index (χ0v) is 13.8. The van der Waals surface area contributed by atoms with Gasteiger partial charge < -0.3 is 5.11 Å². The van der Waals surface area contributed by atoms with Gasteiger partial charge in [-0.05, 0) is 18.2 Å². The van der Waals surface area contributed by atoms with Crippen molar-refractivity contribution in [2.24, 2.45) is 0 Å². The Hall–Kier alpha value is -2.43. The number of benzene rings is 1. The van der Waals surface area contributed by atoms with E-state index in [1.54, 1.807) is 18.3 Å². The molecule has 22 heavy (non-hydrogen) atoms. The summed E-state index contributed by atoms with van der Waals surface area (Å²) >= 11 is 0. The van der Waals surface area contributed by atoms with E-state index in [1.807, 2.05) is 36.4 Å². The Balaban J connectivity index is 0.000000219. The molecule has 0 aliphatic rings. The predicted molar refractivity (Wildman–Crippen MR) is 77.5 cm³/mol. The maximum Gasteiger partial charge on any atom is 0.354 e. The minimum atomic E-state index is -0.990. The fraction of sp³-hybridized carbons (Fsp3) is 0. The molecule has 0 spiro atoms. The molecule has 0 aliphatic carbocycles. The van der Waals surface area contributed by atoms with Gasteiger partial charge in [0.1, 0.15) is 5.69 Å². The number of nitrogens with zero attached hydrogens (tertiary/aromatic N) is 3. The molecule has 0 atom stereocenters. The van der Waals surface area contributed by atoms with E-state index in [0.717, 1.165) is 11.3 Å². The molecule has 0 saturated carbocycles. The van der Waals surface area contributed by atoms with Crippen molar-refractivity contribution in [3.8, 4) is 11.3 Å². The van der Waals surface area contributed by atoms with Crippen molar-refractivity contribution in [3.05, 3.63) is 78.8 Å². The third-order valence-corrected chi connectivity index (χ3v) is 2.44. The van der Waals surface area contributed by atoms with Crippen LogP contribution in [0.2, 0.25) is 0 Å². The Morgan fingerprint density at radius 2 is 1.82 bits per heavy atom. The monoisotopic (exact) mass is 471 g/mol. The first kappa shape index (κ1) is 17.6. The first-order valence-corrected chi connectivity index (χ1v) is 6.16. The summed E-state index contributed by atoms with van der Waals surface area (Å²) in [5.41, 5.74) is 1.92. The van der Waals surface area contributed by atoms with Gasteiger partial charge in [0, 0.05) is 38.2 Å². The smallest absolute Gasteiger partial charge is 0.354 e. The second kappa shape index (κ2) is 9.50. The molecule has 0 aliphatic heterocycles. The summed E-state index contributed by atoms with van der Waals surface area (Å²) in [5.74, 6) is -0.990. The second-order valence-electron chi connectivity index (χ2n) is 3.91.